The molecule has 134 valence electrons. The number of benzene rings is 1. The Labute approximate surface area is 152 Å². The summed E-state index contributed by atoms with van der Waals surface area (Å²) in [4.78, 5) is 16.9. The number of nitrogens with one attached hydrogen (secondary N) is 2. The van der Waals surface area contributed by atoms with Gasteiger partial charge in [-0.1, -0.05) is 37.2 Å². The first-order valence-corrected chi connectivity index (χ1v) is 8.50. The standard InChI is InChI=1S/C20H22N4O2/c1-12(2)17-7-5-6-13(3)19(17)23-20(25)15-9-16(11-21-10-15)22-18-8-14(4)26-24-18/h5-12H,1-4H3,(H,22,24)(H,23,25). The Balaban J connectivity index is 1.82. The van der Waals surface area contributed by atoms with E-state index in [1.54, 1.807) is 24.5 Å². The van der Waals surface area contributed by atoms with Crippen LogP contribution in [0.2, 0.25) is 0 Å². The van der Waals surface area contributed by atoms with Crippen LogP contribution >= 0.6 is 0 Å². The first-order chi connectivity index (χ1) is 12.4. The van der Waals surface area contributed by atoms with E-state index < -0.39 is 0 Å². The monoisotopic (exact) mass is 350 g/mol. The number of pyridine rings is 1. The van der Waals surface area contributed by atoms with Crippen LogP contribution in [-0.2, 0) is 0 Å². The van der Waals surface area contributed by atoms with Gasteiger partial charge in [0.15, 0.2) is 5.82 Å². The van der Waals surface area contributed by atoms with E-state index in [1.165, 1.54) is 0 Å². The van der Waals surface area contributed by atoms with Crippen molar-refractivity contribution < 1.29 is 9.32 Å². The third-order valence-corrected chi connectivity index (χ3v) is 4.07. The van der Waals surface area contributed by atoms with Gasteiger partial charge in [-0.25, -0.2) is 0 Å². The van der Waals surface area contributed by atoms with Gasteiger partial charge in [-0.2, -0.15) is 0 Å². The maximum absolute atomic E-state index is 12.7. The molecule has 3 rings (SSSR count). The van der Waals surface area contributed by atoms with Crippen LogP contribution in [0.4, 0.5) is 17.2 Å². The van der Waals surface area contributed by atoms with E-state index in [4.69, 9.17) is 4.52 Å². The second-order valence-electron chi connectivity index (χ2n) is 6.56. The normalized spacial score (nSPS) is 10.8. The molecule has 0 atom stereocenters. The zero-order chi connectivity index (χ0) is 18.7. The maximum atomic E-state index is 12.7. The Bertz CT molecular complexity index is 931. The van der Waals surface area contributed by atoms with Crippen LogP contribution in [0.3, 0.4) is 0 Å². The molecular formula is C20H22N4O2. The average Bonchev–Trinajstić information content (AvgIpc) is 3.01. The van der Waals surface area contributed by atoms with Crippen molar-refractivity contribution in [2.75, 3.05) is 10.6 Å². The molecule has 2 N–H and O–H groups in total. The Kier molecular flexibility index (Phi) is 5.02. The molecule has 1 amide bonds. The van der Waals surface area contributed by atoms with Crippen LogP contribution in [0.15, 0.2) is 47.2 Å². The van der Waals surface area contributed by atoms with Crippen LogP contribution < -0.4 is 10.6 Å². The molecule has 1 aromatic carbocycles. The topological polar surface area (TPSA) is 80.0 Å². The molecule has 0 saturated carbocycles. The summed E-state index contributed by atoms with van der Waals surface area (Å²) < 4.78 is 5.03. The fraction of sp³-hybridized carbons (Fsp3) is 0.250. The molecule has 0 bridgehead atoms. The van der Waals surface area contributed by atoms with Gasteiger partial charge in [-0.15, -0.1) is 0 Å². The van der Waals surface area contributed by atoms with Crippen molar-refractivity contribution in [3.63, 3.8) is 0 Å². The lowest BCUT2D eigenvalue weighted by molar-refractivity contribution is 0.102. The number of anilines is 3. The van der Waals surface area contributed by atoms with E-state index in [9.17, 15) is 4.79 Å². The van der Waals surface area contributed by atoms with Gasteiger partial charge in [0, 0.05) is 18.0 Å². The molecule has 0 aliphatic rings. The van der Waals surface area contributed by atoms with Crippen molar-refractivity contribution in [1.29, 1.82) is 0 Å². The lowest BCUT2D eigenvalue weighted by Crippen LogP contribution is -2.15. The SMILES string of the molecule is Cc1cc(Nc2cncc(C(=O)Nc3c(C)cccc3C(C)C)c2)no1. The fourth-order valence-electron chi connectivity index (χ4n) is 2.73. The predicted octanol–water partition coefficient (Wildman–Crippen LogP) is 4.81. The van der Waals surface area contributed by atoms with Crippen molar-refractivity contribution in [3.8, 4) is 0 Å². The Morgan fingerprint density at radius 3 is 2.65 bits per heavy atom. The highest BCUT2D eigenvalue weighted by Gasteiger charge is 2.14. The van der Waals surface area contributed by atoms with E-state index in [-0.39, 0.29) is 5.91 Å². The second-order valence-corrected chi connectivity index (χ2v) is 6.56. The number of rotatable bonds is 5. The predicted molar refractivity (Wildman–Crippen MR) is 102 cm³/mol. The number of nitrogens with zero attached hydrogens (tertiary/aromatic N) is 2. The lowest BCUT2D eigenvalue weighted by atomic mass is 9.98. The van der Waals surface area contributed by atoms with Crippen molar-refractivity contribution in [3.05, 3.63) is 65.2 Å². The quantitative estimate of drug-likeness (QED) is 0.690. The smallest absolute Gasteiger partial charge is 0.257 e. The van der Waals surface area contributed by atoms with Crippen LogP contribution in [-0.4, -0.2) is 16.0 Å². The number of aryl methyl sites for hydroxylation is 2. The molecule has 6 nitrogen and oxygen atoms in total. The maximum Gasteiger partial charge on any atom is 0.257 e. The number of para-hydroxylation sites is 1. The highest BCUT2D eigenvalue weighted by Crippen LogP contribution is 2.28. The van der Waals surface area contributed by atoms with Crippen molar-refractivity contribution in [2.24, 2.45) is 0 Å². The largest absolute Gasteiger partial charge is 0.360 e. The summed E-state index contributed by atoms with van der Waals surface area (Å²) in [6, 6.07) is 9.54. The highest BCUT2D eigenvalue weighted by atomic mass is 16.5. The Hall–Kier alpha value is -3.15. The summed E-state index contributed by atoms with van der Waals surface area (Å²) in [5.74, 6) is 1.39. The van der Waals surface area contributed by atoms with Gasteiger partial charge in [-0.05, 0) is 37.0 Å². The summed E-state index contributed by atoms with van der Waals surface area (Å²) in [7, 11) is 0. The molecule has 0 aliphatic carbocycles. The average molecular weight is 350 g/mol. The molecule has 26 heavy (non-hydrogen) atoms. The van der Waals surface area contributed by atoms with Gasteiger partial charge >= 0.3 is 0 Å². The van der Waals surface area contributed by atoms with E-state index in [0.717, 1.165) is 16.8 Å². The van der Waals surface area contributed by atoms with E-state index in [2.05, 4.69) is 34.6 Å². The molecule has 0 saturated heterocycles. The van der Waals surface area contributed by atoms with Gasteiger partial charge in [0.2, 0.25) is 0 Å². The molecule has 0 unspecified atom stereocenters. The third kappa shape index (κ3) is 3.91. The zero-order valence-corrected chi connectivity index (χ0v) is 15.3. The summed E-state index contributed by atoms with van der Waals surface area (Å²) in [6.45, 7) is 8.02. The molecule has 2 aromatic heterocycles. The van der Waals surface area contributed by atoms with Gasteiger partial charge in [-0.3, -0.25) is 9.78 Å². The lowest BCUT2D eigenvalue weighted by Gasteiger charge is -2.16. The number of carbonyl (C=O) groups is 1. The summed E-state index contributed by atoms with van der Waals surface area (Å²) in [5.41, 5.74) is 4.13. The van der Waals surface area contributed by atoms with Gasteiger partial charge in [0.25, 0.3) is 5.91 Å². The Morgan fingerprint density at radius 2 is 1.96 bits per heavy atom. The van der Waals surface area contributed by atoms with E-state index in [1.807, 2.05) is 32.0 Å². The molecule has 0 radical (unpaired) electrons. The fourth-order valence-corrected chi connectivity index (χ4v) is 2.73. The van der Waals surface area contributed by atoms with Crippen molar-refractivity contribution in [1.82, 2.24) is 10.1 Å². The minimum atomic E-state index is -0.200. The van der Waals surface area contributed by atoms with Crippen LogP contribution in [0.1, 0.15) is 47.0 Å². The number of carbonyl (C=O) groups excluding carboxylic acids is 1. The van der Waals surface area contributed by atoms with Gasteiger partial charge < -0.3 is 15.2 Å². The van der Waals surface area contributed by atoms with E-state index >= 15 is 0 Å². The summed E-state index contributed by atoms with van der Waals surface area (Å²) in [5, 5.41) is 9.99. The first kappa shape index (κ1) is 17.7. The Morgan fingerprint density at radius 1 is 1.15 bits per heavy atom. The zero-order valence-electron chi connectivity index (χ0n) is 15.3. The molecule has 2 heterocycles. The van der Waals surface area contributed by atoms with Crippen LogP contribution in [0.25, 0.3) is 0 Å². The minimum Gasteiger partial charge on any atom is -0.360 e. The number of hydrogen-bond donors (Lipinski definition) is 2. The van der Waals surface area contributed by atoms with Crippen molar-refractivity contribution >= 4 is 23.1 Å². The molecular weight excluding hydrogens is 328 g/mol. The van der Waals surface area contributed by atoms with E-state index in [0.29, 0.717) is 28.7 Å². The molecule has 0 aliphatic heterocycles. The molecule has 3 aromatic rings. The highest BCUT2D eigenvalue weighted by molar-refractivity contribution is 6.05. The molecule has 0 fully saturated rings. The number of aromatic nitrogens is 2. The molecule has 0 spiro atoms. The minimum absolute atomic E-state index is 0.200. The van der Waals surface area contributed by atoms with Gasteiger partial charge in [0.1, 0.15) is 5.76 Å². The van der Waals surface area contributed by atoms with Crippen LogP contribution in [0.5, 0.6) is 0 Å². The summed E-state index contributed by atoms with van der Waals surface area (Å²) in [6.07, 6.45) is 3.18. The summed E-state index contributed by atoms with van der Waals surface area (Å²) >= 11 is 0. The number of amides is 1. The molecule has 6 heteroatoms. The van der Waals surface area contributed by atoms with Crippen molar-refractivity contribution in [2.45, 2.75) is 33.6 Å². The second kappa shape index (κ2) is 7.39. The van der Waals surface area contributed by atoms with Crippen LogP contribution in [0, 0.1) is 13.8 Å². The van der Waals surface area contributed by atoms with Gasteiger partial charge in [0.05, 0.1) is 17.4 Å². The third-order valence-electron chi connectivity index (χ3n) is 4.07. The first-order valence-electron chi connectivity index (χ1n) is 8.50. The number of hydrogen-bond acceptors (Lipinski definition) is 5.